The van der Waals surface area contributed by atoms with Crippen LogP contribution in [0.15, 0.2) is 4.52 Å². The predicted molar refractivity (Wildman–Crippen MR) is 70.4 cm³/mol. The molecule has 0 spiro atoms. The first kappa shape index (κ1) is 15.6. The Morgan fingerprint density at radius 1 is 1.47 bits per heavy atom. The zero-order valence-corrected chi connectivity index (χ0v) is 11.9. The Morgan fingerprint density at radius 3 is 2.95 bits per heavy atom. The minimum atomic E-state index is -0.152. The van der Waals surface area contributed by atoms with Crippen LogP contribution in [0.1, 0.15) is 45.3 Å². The highest BCUT2D eigenvalue weighted by atomic mass is 16.5. The molecule has 6 nitrogen and oxygen atoms in total. The first-order valence-corrected chi connectivity index (χ1v) is 6.79. The van der Waals surface area contributed by atoms with E-state index in [1.807, 2.05) is 0 Å². The van der Waals surface area contributed by atoms with Gasteiger partial charge in [0.25, 0.3) is 0 Å². The molecule has 1 N–H and O–H groups in total. The van der Waals surface area contributed by atoms with Crippen molar-refractivity contribution < 1.29 is 14.1 Å². The standard InChI is InChI=1S/C13H23N3O3/c1-4-18-13(17)6-5-7-14-9-12-15-11(16-19-12)8-10(2)3/h10,14H,4-9H2,1-3H3. The molecule has 0 aromatic carbocycles. The van der Waals surface area contributed by atoms with E-state index >= 15 is 0 Å². The van der Waals surface area contributed by atoms with Crippen molar-refractivity contribution in [3.05, 3.63) is 11.7 Å². The van der Waals surface area contributed by atoms with Crippen molar-refractivity contribution in [1.82, 2.24) is 15.5 Å². The van der Waals surface area contributed by atoms with Crippen LogP contribution in [0.2, 0.25) is 0 Å². The third kappa shape index (κ3) is 6.91. The maximum atomic E-state index is 11.1. The molecule has 0 unspecified atom stereocenters. The van der Waals surface area contributed by atoms with E-state index in [4.69, 9.17) is 9.26 Å². The van der Waals surface area contributed by atoms with Crippen molar-refractivity contribution >= 4 is 5.97 Å². The molecule has 0 aliphatic rings. The number of rotatable bonds is 9. The van der Waals surface area contributed by atoms with Gasteiger partial charge in [0.1, 0.15) is 0 Å². The molecule has 0 bridgehead atoms. The molecule has 0 aliphatic heterocycles. The Balaban J connectivity index is 2.12. The van der Waals surface area contributed by atoms with Gasteiger partial charge in [-0.3, -0.25) is 4.79 Å². The molecular weight excluding hydrogens is 246 g/mol. The summed E-state index contributed by atoms with van der Waals surface area (Å²) >= 11 is 0. The van der Waals surface area contributed by atoms with Gasteiger partial charge in [0.15, 0.2) is 5.82 Å². The van der Waals surface area contributed by atoms with Crippen LogP contribution in [0.4, 0.5) is 0 Å². The first-order valence-electron chi connectivity index (χ1n) is 6.79. The zero-order chi connectivity index (χ0) is 14.1. The molecule has 0 fully saturated rings. The van der Waals surface area contributed by atoms with Crippen molar-refractivity contribution in [1.29, 1.82) is 0 Å². The van der Waals surface area contributed by atoms with E-state index in [9.17, 15) is 4.79 Å². The molecule has 0 saturated carbocycles. The topological polar surface area (TPSA) is 77.2 Å². The van der Waals surface area contributed by atoms with E-state index in [-0.39, 0.29) is 5.97 Å². The molecule has 0 aliphatic carbocycles. The molecule has 1 aromatic heterocycles. The van der Waals surface area contributed by atoms with Gasteiger partial charge in [0.05, 0.1) is 13.2 Å². The number of hydrogen-bond donors (Lipinski definition) is 1. The number of carbonyl (C=O) groups is 1. The van der Waals surface area contributed by atoms with E-state index in [2.05, 4.69) is 29.3 Å². The van der Waals surface area contributed by atoms with E-state index < -0.39 is 0 Å². The highest BCUT2D eigenvalue weighted by Crippen LogP contribution is 2.04. The fourth-order valence-corrected chi connectivity index (χ4v) is 1.60. The molecular formula is C13H23N3O3. The van der Waals surface area contributed by atoms with Gasteiger partial charge in [0.2, 0.25) is 5.89 Å². The van der Waals surface area contributed by atoms with Crippen LogP contribution in [-0.4, -0.2) is 29.3 Å². The Kier molecular flexibility index (Phi) is 7.10. The van der Waals surface area contributed by atoms with Gasteiger partial charge in [-0.2, -0.15) is 4.98 Å². The van der Waals surface area contributed by atoms with Crippen molar-refractivity contribution in [3.8, 4) is 0 Å². The maximum Gasteiger partial charge on any atom is 0.305 e. The Morgan fingerprint density at radius 2 is 2.26 bits per heavy atom. The number of ether oxygens (including phenoxy) is 1. The summed E-state index contributed by atoms with van der Waals surface area (Å²) < 4.78 is 9.96. The average molecular weight is 269 g/mol. The summed E-state index contributed by atoms with van der Waals surface area (Å²) in [6.07, 6.45) is 2.00. The summed E-state index contributed by atoms with van der Waals surface area (Å²) in [7, 11) is 0. The Hall–Kier alpha value is -1.43. The third-order valence-corrected chi connectivity index (χ3v) is 2.42. The van der Waals surface area contributed by atoms with Crippen LogP contribution in [0.25, 0.3) is 0 Å². The van der Waals surface area contributed by atoms with E-state index in [1.54, 1.807) is 6.92 Å². The Bertz CT molecular complexity index is 377. The molecule has 1 heterocycles. The van der Waals surface area contributed by atoms with Gasteiger partial charge in [-0.05, 0) is 25.8 Å². The predicted octanol–water partition coefficient (Wildman–Crippen LogP) is 1.70. The summed E-state index contributed by atoms with van der Waals surface area (Å²) in [5, 5.41) is 7.07. The SMILES string of the molecule is CCOC(=O)CCCNCc1nc(CC(C)C)no1. The highest BCUT2D eigenvalue weighted by Gasteiger charge is 2.07. The number of esters is 1. The summed E-state index contributed by atoms with van der Waals surface area (Å²) in [4.78, 5) is 15.4. The minimum Gasteiger partial charge on any atom is -0.466 e. The van der Waals surface area contributed by atoms with Crippen LogP contribution in [0.5, 0.6) is 0 Å². The van der Waals surface area contributed by atoms with Crippen molar-refractivity contribution in [2.24, 2.45) is 5.92 Å². The van der Waals surface area contributed by atoms with Crippen molar-refractivity contribution in [2.45, 2.75) is 46.6 Å². The summed E-state index contributed by atoms with van der Waals surface area (Å²) in [6.45, 7) is 7.73. The normalized spacial score (nSPS) is 10.9. The fourth-order valence-electron chi connectivity index (χ4n) is 1.60. The number of hydrogen-bond acceptors (Lipinski definition) is 6. The Labute approximate surface area is 113 Å². The number of nitrogens with zero attached hydrogens (tertiary/aromatic N) is 2. The minimum absolute atomic E-state index is 0.152. The number of aromatic nitrogens is 2. The smallest absolute Gasteiger partial charge is 0.305 e. The lowest BCUT2D eigenvalue weighted by Crippen LogP contribution is -2.16. The van der Waals surface area contributed by atoms with Crippen molar-refractivity contribution in [2.75, 3.05) is 13.2 Å². The van der Waals surface area contributed by atoms with Crippen LogP contribution in [-0.2, 0) is 22.5 Å². The second-order valence-electron chi connectivity index (χ2n) is 4.79. The monoisotopic (exact) mass is 269 g/mol. The maximum absolute atomic E-state index is 11.1. The van der Waals surface area contributed by atoms with Gasteiger partial charge in [0, 0.05) is 12.8 Å². The third-order valence-electron chi connectivity index (χ3n) is 2.42. The van der Waals surface area contributed by atoms with Crippen LogP contribution in [0, 0.1) is 5.92 Å². The van der Waals surface area contributed by atoms with E-state index in [0.29, 0.717) is 31.4 Å². The summed E-state index contributed by atoms with van der Waals surface area (Å²) in [5.74, 6) is 1.70. The van der Waals surface area contributed by atoms with Gasteiger partial charge < -0.3 is 14.6 Å². The first-order chi connectivity index (χ1) is 9.11. The molecule has 0 radical (unpaired) electrons. The second-order valence-corrected chi connectivity index (χ2v) is 4.79. The molecule has 108 valence electrons. The molecule has 1 aromatic rings. The quantitative estimate of drug-likeness (QED) is 0.543. The van der Waals surface area contributed by atoms with Gasteiger partial charge in [-0.25, -0.2) is 0 Å². The van der Waals surface area contributed by atoms with Gasteiger partial charge >= 0.3 is 5.97 Å². The van der Waals surface area contributed by atoms with E-state index in [0.717, 1.165) is 25.2 Å². The molecule has 0 amide bonds. The molecule has 0 atom stereocenters. The molecule has 6 heteroatoms. The number of carbonyl (C=O) groups excluding carboxylic acids is 1. The molecule has 1 rings (SSSR count). The lowest BCUT2D eigenvalue weighted by atomic mass is 10.1. The van der Waals surface area contributed by atoms with Crippen LogP contribution >= 0.6 is 0 Å². The van der Waals surface area contributed by atoms with Crippen LogP contribution < -0.4 is 5.32 Å². The van der Waals surface area contributed by atoms with Crippen molar-refractivity contribution in [3.63, 3.8) is 0 Å². The average Bonchev–Trinajstić information content (AvgIpc) is 2.75. The highest BCUT2D eigenvalue weighted by molar-refractivity contribution is 5.69. The van der Waals surface area contributed by atoms with Crippen LogP contribution in [0.3, 0.4) is 0 Å². The lowest BCUT2D eigenvalue weighted by molar-refractivity contribution is -0.143. The largest absolute Gasteiger partial charge is 0.466 e. The fraction of sp³-hybridized carbons (Fsp3) is 0.769. The number of nitrogens with one attached hydrogen (secondary N) is 1. The van der Waals surface area contributed by atoms with Gasteiger partial charge in [-0.1, -0.05) is 19.0 Å². The van der Waals surface area contributed by atoms with Gasteiger partial charge in [-0.15, -0.1) is 0 Å². The molecule has 0 saturated heterocycles. The second kappa shape index (κ2) is 8.63. The zero-order valence-electron chi connectivity index (χ0n) is 11.9. The molecule has 19 heavy (non-hydrogen) atoms. The summed E-state index contributed by atoms with van der Waals surface area (Å²) in [5.41, 5.74) is 0. The van der Waals surface area contributed by atoms with E-state index in [1.165, 1.54) is 0 Å². The lowest BCUT2D eigenvalue weighted by Gasteiger charge is -2.02. The summed E-state index contributed by atoms with van der Waals surface area (Å²) in [6, 6.07) is 0.